The molecule has 1 atom stereocenters. The predicted octanol–water partition coefficient (Wildman–Crippen LogP) is 4.87. The molecule has 7 heteroatoms. The third kappa shape index (κ3) is 4.74. The first-order valence-corrected chi connectivity index (χ1v) is 9.79. The minimum absolute atomic E-state index is 0.121. The number of likely N-dealkylation sites (tertiary alicyclic amines) is 1. The Bertz CT molecular complexity index is 925. The highest BCUT2D eigenvalue weighted by molar-refractivity contribution is 5.73. The molecule has 1 N–H and O–H groups in total. The van der Waals surface area contributed by atoms with Gasteiger partial charge in [-0.3, -0.25) is 19.8 Å². The topological polar surface area (TPSA) is 92.9 Å². The van der Waals surface area contributed by atoms with Crippen LogP contribution in [0, 0.1) is 17.0 Å². The second-order valence-corrected chi connectivity index (χ2v) is 7.82. The molecular weight excluding hydrogens is 372 g/mol. The summed E-state index contributed by atoms with van der Waals surface area (Å²) in [5.74, 6) is 0.161. The molecule has 29 heavy (non-hydrogen) atoms. The van der Waals surface area contributed by atoms with Crippen LogP contribution in [0.25, 0.3) is 0 Å². The van der Waals surface area contributed by atoms with Gasteiger partial charge in [-0.2, -0.15) is 0 Å². The molecule has 154 valence electrons. The van der Waals surface area contributed by atoms with Crippen molar-refractivity contribution >= 4 is 11.7 Å². The fourth-order valence-corrected chi connectivity index (χ4v) is 3.75. The standard InChI is InChI=1S/C22H26N2O5/c1-14(2)17-8-6-15(3)11-21(17)29-20-9-7-16(12-19(20)24(27)28)13-23-10-4-5-18(23)22(25)26/h6-9,11-12,14,18H,4-5,10,13H2,1-3H3,(H,25,26). The number of aliphatic carboxylic acids is 1. The highest BCUT2D eigenvalue weighted by Crippen LogP contribution is 2.37. The molecular formula is C22H26N2O5. The van der Waals surface area contributed by atoms with Crippen LogP contribution in [0.4, 0.5) is 5.69 Å². The summed E-state index contributed by atoms with van der Waals surface area (Å²) in [5, 5.41) is 21.0. The van der Waals surface area contributed by atoms with E-state index in [9.17, 15) is 20.0 Å². The quantitative estimate of drug-likeness (QED) is 0.528. The molecule has 1 heterocycles. The number of carboxylic acids is 1. The number of hydrogen-bond acceptors (Lipinski definition) is 5. The SMILES string of the molecule is Cc1ccc(C(C)C)c(Oc2ccc(CN3CCCC3C(=O)O)cc2[N+](=O)[O-])c1. The van der Waals surface area contributed by atoms with Crippen molar-refractivity contribution in [2.45, 2.75) is 52.1 Å². The lowest BCUT2D eigenvalue weighted by Crippen LogP contribution is -2.35. The smallest absolute Gasteiger partial charge is 0.320 e. The van der Waals surface area contributed by atoms with Crippen LogP contribution in [0.1, 0.15) is 49.3 Å². The number of rotatable bonds is 7. The van der Waals surface area contributed by atoms with Gasteiger partial charge in [0, 0.05) is 12.6 Å². The van der Waals surface area contributed by atoms with E-state index in [0.717, 1.165) is 17.5 Å². The second-order valence-electron chi connectivity index (χ2n) is 7.82. The van der Waals surface area contributed by atoms with Crippen LogP contribution in [0.2, 0.25) is 0 Å². The van der Waals surface area contributed by atoms with Crippen molar-refractivity contribution in [1.82, 2.24) is 4.90 Å². The monoisotopic (exact) mass is 398 g/mol. The third-order valence-corrected chi connectivity index (χ3v) is 5.27. The Balaban J connectivity index is 1.89. The van der Waals surface area contributed by atoms with Gasteiger partial charge in [-0.15, -0.1) is 0 Å². The summed E-state index contributed by atoms with van der Waals surface area (Å²) in [6.45, 7) is 7.07. The van der Waals surface area contributed by atoms with Gasteiger partial charge in [0.15, 0.2) is 0 Å². The van der Waals surface area contributed by atoms with Gasteiger partial charge in [0.25, 0.3) is 0 Å². The third-order valence-electron chi connectivity index (χ3n) is 5.27. The summed E-state index contributed by atoms with van der Waals surface area (Å²) in [6, 6.07) is 10.2. The van der Waals surface area contributed by atoms with Crippen molar-refractivity contribution in [2.24, 2.45) is 0 Å². The van der Waals surface area contributed by atoms with Gasteiger partial charge in [0.05, 0.1) is 4.92 Å². The summed E-state index contributed by atoms with van der Waals surface area (Å²) in [4.78, 5) is 24.4. The van der Waals surface area contributed by atoms with E-state index in [1.165, 1.54) is 6.07 Å². The Hall–Kier alpha value is -2.93. The molecule has 0 amide bonds. The number of carbonyl (C=O) groups is 1. The van der Waals surface area contributed by atoms with Gasteiger partial charge in [-0.05, 0) is 61.1 Å². The Labute approximate surface area is 170 Å². The van der Waals surface area contributed by atoms with E-state index in [-0.39, 0.29) is 17.4 Å². The summed E-state index contributed by atoms with van der Waals surface area (Å²) in [7, 11) is 0. The van der Waals surface area contributed by atoms with Crippen LogP contribution in [0.3, 0.4) is 0 Å². The molecule has 0 aromatic heterocycles. The van der Waals surface area contributed by atoms with E-state index in [2.05, 4.69) is 0 Å². The highest BCUT2D eigenvalue weighted by Gasteiger charge is 2.30. The van der Waals surface area contributed by atoms with E-state index in [1.807, 2.05) is 43.9 Å². The summed E-state index contributed by atoms with van der Waals surface area (Å²) < 4.78 is 5.98. The first-order valence-electron chi connectivity index (χ1n) is 9.79. The maximum Gasteiger partial charge on any atom is 0.320 e. The van der Waals surface area contributed by atoms with Gasteiger partial charge in [-0.1, -0.05) is 32.0 Å². The summed E-state index contributed by atoms with van der Waals surface area (Å²) in [6.07, 6.45) is 1.41. The summed E-state index contributed by atoms with van der Waals surface area (Å²) in [5.41, 5.74) is 2.57. The fraction of sp³-hybridized carbons (Fsp3) is 0.409. The maximum atomic E-state index is 11.7. The van der Waals surface area contributed by atoms with Gasteiger partial charge in [0.1, 0.15) is 11.8 Å². The van der Waals surface area contributed by atoms with E-state index in [0.29, 0.717) is 30.8 Å². The van der Waals surface area contributed by atoms with Crippen molar-refractivity contribution in [1.29, 1.82) is 0 Å². The molecule has 0 saturated carbocycles. The van der Waals surface area contributed by atoms with Crippen LogP contribution >= 0.6 is 0 Å². The van der Waals surface area contributed by atoms with Gasteiger partial charge in [0.2, 0.25) is 5.75 Å². The Morgan fingerprint density at radius 3 is 2.69 bits per heavy atom. The molecule has 7 nitrogen and oxygen atoms in total. The van der Waals surface area contributed by atoms with E-state index in [1.54, 1.807) is 12.1 Å². The van der Waals surface area contributed by atoms with Gasteiger partial charge >= 0.3 is 11.7 Å². The zero-order valence-electron chi connectivity index (χ0n) is 16.9. The Morgan fingerprint density at radius 2 is 2.03 bits per heavy atom. The number of hydrogen-bond donors (Lipinski definition) is 1. The number of nitro benzene ring substituents is 1. The van der Waals surface area contributed by atoms with Crippen LogP contribution in [-0.2, 0) is 11.3 Å². The lowest BCUT2D eigenvalue weighted by molar-refractivity contribution is -0.385. The van der Waals surface area contributed by atoms with Crippen LogP contribution in [0.5, 0.6) is 11.5 Å². The van der Waals surface area contributed by atoms with Crippen molar-refractivity contribution in [2.75, 3.05) is 6.54 Å². The molecule has 1 fully saturated rings. The van der Waals surface area contributed by atoms with Crippen molar-refractivity contribution in [3.05, 3.63) is 63.2 Å². The fourth-order valence-electron chi connectivity index (χ4n) is 3.75. The van der Waals surface area contributed by atoms with Gasteiger partial charge in [-0.25, -0.2) is 0 Å². The molecule has 0 radical (unpaired) electrons. The normalized spacial score (nSPS) is 16.9. The van der Waals surface area contributed by atoms with E-state index in [4.69, 9.17) is 4.74 Å². The second kappa shape index (κ2) is 8.61. The van der Waals surface area contributed by atoms with Gasteiger partial charge < -0.3 is 9.84 Å². The number of nitrogens with zero attached hydrogens (tertiary/aromatic N) is 2. The first-order chi connectivity index (χ1) is 13.8. The highest BCUT2D eigenvalue weighted by atomic mass is 16.6. The average molecular weight is 398 g/mol. The van der Waals surface area contributed by atoms with Crippen molar-refractivity contribution < 1.29 is 19.6 Å². The molecule has 1 aliphatic rings. The Morgan fingerprint density at radius 1 is 1.28 bits per heavy atom. The Kier molecular flexibility index (Phi) is 6.17. The molecule has 3 rings (SSSR count). The lowest BCUT2D eigenvalue weighted by Gasteiger charge is -2.21. The zero-order valence-corrected chi connectivity index (χ0v) is 16.9. The minimum atomic E-state index is -0.849. The summed E-state index contributed by atoms with van der Waals surface area (Å²) >= 11 is 0. The lowest BCUT2D eigenvalue weighted by atomic mass is 10.0. The number of benzene rings is 2. The molecule has 0 aliphatic carbocycles. The van der Waals surface area contributed by atoms with Crippen LogP contribution in [0.15, 0.2) is 36.4 Å². The number of aryl methyl sites for hydroxylation is 1. The van der Waals surface area contributed by atoms with Crippen LogP contribution < -0.4 is 4.74 Å². The molecule has 1 aliphatic heterocycles. The molecule has 2 aromatic rings. The molecule has 2 aromatic carbocycles. The van der Waals surface area contributed by atoms with E-state index >= 15 is 0 Å². The molecule has 0 spiro atoms. The van der Waals surface area contributed by atoms with E-state index < -0.39 is 16.9 Å². The zero-order chi connectivity index (χ0) is 21.1. The van der Waals surface area contributed by atoms with Crippen molar-refractivity contribution in [3.8, 4) is 11.5 Å². The largest absolute Gasteiger partial charge is 0.480 e. The molecule has 1 unspecified atom stereocenters. The first kappa shape index (κ1) is 20.8. The molecule has 0 bridgehead atoms. The number of ether oxygens (including phenoxy) is 1. The number of carboxylic acid groups (broad SMARTS) is 1. The predicted molar refractivity (Wildman–Crippen MR) is 110 cm³/mol. The van der Waals surface area contributed by atoms with Crippen molar-refractivity contribution in [3.63, 3.8) is 0 Å². The molecule has 1 saturated heterocycles. The minimum Gasteiger partial charge on any atom is -0.480 e. The maximum absolute atomic E-state index is 11.7. The average Bonchev–Trinajstić information content (AvgIpc) is 3.11. The van der Waals surface area contributed by atoms with Crippen LogP contribution in [-0.4, -0.2) is 33.5 Å². The number of nitro groups is 1.